The highest BCUT2D eigenvalue weighted by Gasteiger charge is 2.43. The van der Waals surface area contributed by atoms with Crippen molar-refractivity contribution in [2.75, 3.05) is 19.7 Å². The van der Waals surface area contributed by atoms with E-state index < -0.39 is 0 Å². The zero-order valence-corrected chi connectivity index (χ0v) is 14.8. The first-order valence-corrected chi connectivity index (χ1v) is 9.04. The number of rotatable bonds is 5. The Labute approximate surface area is 148 Å². The quantitative estimate of drug-likeness (QED) is 0.833. The molecule has 0 aliphatic carbocycles. The molecule has 6 nitrogen and oxygen atoms in total. The lowest BCUT2D eigenvalue weighted by atomic mass is 9.88. The Hall–Kier alpha value is -1.76. The molecule has 0 saturated carbocycles. The first kappa shape index (κ1) is 16.7. The topological polar surface area (TPSA) is 52.4 Å². The van der Waals surface area contributed by atoms with Gasteiger partial charge in [0.15, 0.2) is 0 Å². The lowest BCUT2D eigenvalue weighted by molar-refractivity contribution is -0.0471. The number of piperidine rings is 1. The standard InChI is InChI=1S/C19H26N4O2/c1-22-15-21-11-17(22)12-23-7-4-19(5-8-23)9-18(14-25-19)24-13-16-3-2-6-20-10-16/h2-3,6,10-11,15,18H,4-5,7-9,12-14H2,1H3/t18-/m0/s1. The van der Waals surface area contributed by atoms with Crippen LogP contribution in [-0.4, -0.2) is 50.8 Å². The molecule has 0 N–H and O–H groups in total. The van der Waals surface area contributed by atoms with Crippen LogP contribution in [0.25, 0.3) is 0 Å². The van der Waals surface area contributed by atoms with Crippen molar-refractivity contribution in [2.24, 2.45) is 7.05 Å². The number of aryl methyl sites for hydroxylation is 1. The zero-order chi connectivity index (χ0) is 17.1. The molecular weight excluding hydrogens is 316 g/mol. The Balaban J connectivity index is 1.25. The minimum absolute atomic E-state index is 0.0164. The number of likely N-dealkylation sites (tertiary alicyclic amines) is 1. The number of nitrogens with zero attached hydrogens (tertiary/aromatic N) is 4. The van der Waals surface area contributed by atoms with Crippen LogP contribution in [0.1, 0.15) is 30.5 Å². The van der Waals surface area contributed by atoms with E-state index in [1.807, 2.05) is 24.8 Å². The monoisotopic (exact) mass is 342 g/mol. The second-order valence-corrected chi connectivity index (χ2v) is 7.26. The first-order valence-electron chi connectivity index (χ1n) is 9.04. The van der Waals surface area contributed by atoms with Crippen molar-refractivity contribution in [2.45, 2.75) is 44.1 Å². The zero-order valence-electron chi connectivity index (χ0n) is 14.8. The summed E-state index contributed by atoms with van der Waals surface area (Å²) in [5.41, 5.74) is 2.40. The maximum absolute atomic E-state index is 6.20. The molecular formula is C19H26N4O2. The van der Waals surface area contributed by atoms with Crippen LogP contribution in [0.4, 0.5) is 0 Å². The summed E-state index contributed by atoms with van der Waals surface area (Å²) in [6.45, 7) is 4.43. The van der Waals surface area contributed by atoms with Crippen LogP contribution in [0.2, 0.25) is 0 Å². The van der Waals surface area contributed by atoms with Crippen molar-refractivity contribution in [3.05, 3.63) is 48.3 Å². The Morgan fingerprint density at radius 3 is 2.88 bits per heavy atom. The third-order valence-corrected chi connectivity index (χ3v) is 5.45. The van der Waals surface area contributed by atoms with Gasteiger partial charge in [0, 0.05) is 51.7 Å². The van der Waals surface area contributed by atoms with Crippen molar-refractivity contribution < 1.29 is 9.47 Å². The largest absolute Gasteiger partial charge is 0.372 e. The summed E-state index contributed by atoms with van der Waals surface area (Å²) < 4.78 is 14.4. The van der Waals surface area contributed by atoms with Gasteiger partial charge in [-0.05, 0) is 24.5 Å². The molecule has 134 valence electrons. The Morgan fingerprint density at radius 2 is 2.16 bits per heavy atom. The predicted octanol–water partition coefficient (Wildman–Crippen LogP) is 2.16. The van der Waals surface area contributed by atoms with E-state index in [0.29, 0.717) is 13.2 Å². The van der Waals surface area contributed by atoms with Crippen LogP contribution in [0.5, 0.6) is 0 Å². The van der Waals surface area contributed by atoms with E-state index >= 15 is 0 Å². The molecule has 1 spiro atoms. The lowest BCUT2D eigenvalue weighted by Crippen LogP contribution is -2.44. The van der Waals surface area contributed by atoms with Gasteiger partial charge in [-0.3, -0.25) is 9.88 Å². The van der Waals surface area contributed by atoms with Crippen molar-refractivity contribution in [3.8, 4) is 0 Å². The van der Waals surface area contributed by atoms with Gasteiger partial charge in [0.25, 0.3) is 0 Å². The van der Waals surface area contributed by atoms with E-state index in [9.17, 15) is 0 Å². The van der Waals surface area contributed by atoms with Gasteiger partial charge < -0.3 is 14.0 Å². The highest BCUT2D eigenvalue weighted by Crippen LogP contribution is 2.37. The Morgan fingerprint density at radius 1 is 1.28 bits per heavy atom. The fourth-order valence-corrected chi connectivity index (χ4v) is 3.84. The van der Waals surface area contributed by atoms with Gasteiger partial charge in [-0.25, -0.2) is 4.98 Å². The summed E-state index contributed by atoms with van der Waals surface area (Å²) >= 11 is 0. The maximum atomic E-state index is 6.20. The van der Waals surface area contributed by atoms with Gasteiger partial charge in [0.1, 0.15) is 0 Å². The number of aromatic nitrogens is 3. The van der Waals surface area contributed by atoms with Crippen molar-refractivity contribution in [3.63, 3.8) is 0 Å². The van der Waals surface area contributed by atoms with Crippen LogP contribution in [0.15, 0.2) is 37.1 Å². The highest BCUT2D eigenvalue weighted by molar-refractivity contribution is 5.07. The number of hydrogen-bond donors (Lipinski definition) is 0. The van der Waals surface area contributed by atoms with Crippen LogP contribution in [-0.2, 0) is 29.7 Å². The molecule has 2 saturated heterocycles. The molecule has 1 atom stereocenters. The van der Waals surface area contributed by atoms with Crippen LogP contribution in [0, 0.1) is 0 Å². The summed E-state index contributed by atoms with van der Waals surface area (Å²) in [6.07, 6.45) is 10.8. The summed E-state index contributed by atoms with van der Waals surface area (Å²) in [5.74, 6) is 0. The third-order valence-electron chi connectivity index (χ3n) is 5.45. The minimum Gasteiger partial charge on any atom is -0.372 e. The molecule has 6 heteroatoms. The number of ether oxygens (including phenoxy) is 2. The summed E-state index contributed by atoms with van der Waals surface area (Å²) in [6, 6.07) is 4.00. The molecule has 25 heavy (non-hydrogen) atoms. The average Bonchev–Trinajstić information content (AvgIpc) is 3.23. The molecule has 0 aromatic carbocycles. The fourth-order valence-electron chi connectivity index (χ4n) is 3.84. The minimum atomic E-state index is 0.0164. The first-order chi connectivity index (χ1) is 12.2. The molecule has 4 rings (SSSR count). The van der Waals surface area contributed by atoms with E-state index in [1.165, 1.54) is 5.69 Å². The van der Waals surface area contributed by atoms with E-state index in [2.05, 4.69) is 32.5 Å². The molecule has 0 amide bonds. The second-order valence-electron chi connectivity index (χ2n) is 7.26. The van der Waals surface area contributed by atoms with E-state index in [1.54, 1.807) is 6.20 Å². The Bertz CT molecular complexity index is 680. The number of imidazole rings is 1. The van der Waals surface area contributed by atoms with E-state index in [0.717, 1.165) is 44.5 Å². The Kier molecular flexibility index (Phi) is 4.83. The fraction of sp³-hybridized carbons (Fsp3) is 0.579. The molecule has 2 aliphatic heterocycles. The maximum Gasteiger partial charge on any atom is 0.0945 e. The van der Waals surface area contributed by atoms with E-state index in [4.69, 9.17) is 9.47 Å². The summed E-state index contributed by atoms with van der Waals surface area (Å²) in [7, 11) is 2.05. The third kappa shape index (κ3) is 3.92. The van der Waals surface area contributed by atoms with Crippen molar-refractivity contribution >= 4 is 0 Å². The molecule has 2 aliphatic rings. The highest BCUT2D eigenvalue weighted by atomic mass is 16.6. The number of pyridine rings is 1. The normalized spacial score (nSPS) is 23.3. The number of hydrogen-bond acceptors (Lipinski definition) is 5. The molecule has 4 heterocycles. The van der Waals surface area contributed by atoms with Crippen LogP contribution >= 0.6 is 0 Å². The van der Waals surface area contributed by atoms with Gasteiger partial charge >= 0.3 is 0 Å². The molecule has 2 fully saturated rings. The molecule has 0 bridgehead atoms. The summed E-state index contributed by atoms with van der Waals surface area (Å²) in [5, 5.41) is 0. The predicted molar refractivity (Wildman–Crippen MR) is 93.8 cm³/mol. The molecule has 0 radical (unpaired) electrons. The molecule has 2 aromatic heterocycles. The van der Waals surface area contributed by atoms with Crippen molar-refractivity contribution in [1.82, 2.24) is 19.4 Å². The van der Waals surface area contributed by atoms with Gasteiger partial charge in [-0.15, -0.1) is 0 Å². The van der Waals surface area contributed by atoms with Gasteiger partial charge in [-0.2, -0.15) is 0 Å². The molecule has 2 aromatic rings. The summed E-state index contributed by atoms with van der Waals surface area (Å²) in [4.78, 5) is 10.8. The van der Waals surface area contributed by atoms with Gasteiger partial charge in [0.2, 0.25) is 0 Å². The van der Waals surface area contributed by atoms with Crippen molar-refractivity contribution in [1.29, 1.82) is 0 Å². The molecule has 0 unspecified atom stereocenters. The smallest absolute Gasteiger partial charge is 0.0945 e. The van der Waals surface area contributed by atoms with E-state index in [-0.39, 0.29) is 11.7 Å². The second kappa shape index (κ2) is 7.23. The average molecular weight is 342 g/mol. The SMILES string of the molecule is Cn1cncc1CN1CCC2(CC1)C[C@H](OCc1cccnc1)CO2. The lowest BCUT2D eigenvalue weighted by Gasteiger charge is -2.38. The van der Waals surface area contributed by atoms with Gasteiger partial charge in [-0.1, -0.05) is 6.07 Å². The van der Waals surface area contributed by atoms with Crippen LogP contribution in [0.3, 0.4) is 0 Å². The van der Waals surface area contributed by atoms with Crippen LogP contribution < -0.4 is 0 Å². The van der Waals surface area contributed by atoms with Gasteiger partial charge in [0.05, 0.1) is 36.9 Å².